The number of carboxylic acids is 1. The Bertz CT molecular complexity index is 421. The van der Waals surface area contributed by atoms with E-state index in [-0.39, 0.29) is 18.6 Å². The highest BCUT2D eigenvalue weighted by Crippen LogP contribution is 2.54. The maximum Gasteiger partial charge on any atom is 0.303 e. The molecule has 0 amide bonds. The van der Waals surface area contributed by atoms with Crippen molar-refractivity contribution < 1.29 is 24.1 Å². The highest BCUT2D eigenvalue weighted by atomic mass is 16.7. The third-order valence-electron chi connectivity index (χ3n) is 4.91. The summed E-state index contributed by atoms with van der Waals surface area (Å²) in [5.74, 6) is 0.185. The van der Waals surface area contributed by atoms with Crippen molar-refractivity contribution in [3.8, 4) is 0 Å². The van der Waals surface area contributed by atoms with Gasteiger partial charge in [-0.3, -0.25) is 4.79 Å². The van der Waals surface area contributed by atoms with Crippen molar-refractivity contribution in [3.63, 3.8) is 0 Å². The number of carboxylic acid groups (broad SMARTS) is 1. The van der Waals surface area contributed by atoms with Gasteiger partial charge in [0, 0.05) is 18.9 Å². The van der Waals surface area contributed by atoms with Crippen molar-refractivity contribution in [2.75, 3.05) is 13.2 Å². The van der Waals surface area contributed by atoms with Gasteiger partial charge in [0.2, 0.25) is 0 Å². The number of ether oxygens (including phenoxy) is 3. The van der Waals surface area contributed by atoms with Crippen LogP contribution in [0.5, 0.6) is 0 Å². The molecule has 6 atom stereocenters. The standard InChI is InChI=1S/C17H26O5/c1-2-9-20-10-12-11(7-5-3-4-6-8-13(18)19)14-16-17(22-16)15(12)21-14/h3,5,11-12,14-17H,2,4,6-10H2,1H3,(H,18,19)/b5-3-/t11-,12+,14+,15-,16-,17+/m0/s1. The summed E-state index contributed by atoms with van der Waals surface area (Å²) in [6.07, 6.45) is 9.15. The lowest BCUT2D eigenvalue weighted by atomic mass is 9.78. The van der Waals surface area contributed by atoms with E-state index in [2.05, 4.69) is 19.1 Å². The molecular formula is C17H26O5. The van der Waals surface area contributed by atoms with Gasteiger partial charge in [-0.05, 0) is 31.6 Å². The number of allylic oxidation sites excluding steroid dienone is 2. The van der Waals surface area contributed by atoms with Crippen LogP contribution in [0.3, 0.4) is 0 Å². The Morgan fingerprint density at radius 2 is 1.86 bits per heavy atom. The van der Waals surface area contributed by atoms with Crippen LogP contribution in [0.4, 0.5) is 0 Å². The molecule has 0 saturated carbocycles. The number of unbranched alkanes of at least 4 members (excludes halogenated alkanes) is 1. The van der Waals surface area contributed by atoms with Crippen molar-refractivity contribution in [2.24, 2.45) is 11.8 Å². The molecule has 2 bridgehead atoms. The lowest BCUT2D eigenvalue weighted by Crippen LogP contribution is -2.35. The predicted octanol–water partition coefficient (Wildman–Crippen LogP) is 2.40. The van der Waals surface area contributed by atoms with Crippen LogP contribution in [0.25, 0.3) is 0 Å². The predicted molar refractivity (Wildman–Crippen MR) is 80.7 cm³/mol. The average Bonchev–Trinajstić information content (AvgIpc) is 3.12. The van der Waals surface area contributed by atoms with Crippen molar-refractivity contribution in [1.29, 1.82) is 0 Å². The summed E-state index contributed by atoms with van der Waals surface area (Å²) in [7, 11) is 0. The van der Waals surface area contributed by atoms with Gasteiger partial charge in [-0.25, -0.2) is 0 Å². The van der Waals surface area contributed by atoms with E-state index in [1.165, 1.54) is 0 Å². The average molecular weight is 310 g/mol. The van der Waals surface area contributed by atoms with Crippen LogP contribution in [0.1, 0.15) is 39.0 Å². The zero-order valence-electron chi connectivity index (χ0n) is 13.1. The minimum Gasteiger partial charge on any atom is -0.481 e. The summed E-state index contributed by atoms with van der Waals surface area (Å²) < 4.78 is 17.6. The molecule has 124 valence electrons. The van der Waals surface area contributed by atoms with Crippen LogP contribution in [-0.4, -0.2) is 48.7 Å². The molecule has 5 heteroatoms. The topological polar surface area (TPSA) is 68.3 Å². The number of hydrogen-bond donors (Lipinski definition) is 1. The van der Waals surface area contributed by atoms with Crippen LogP contribution in [0.15, 0.2) is 12.2 Å². The number of rotatable bonds is 10. The molecule has 0 aromatic carbocycles. The summed E-state index contributed by atoms with van der Waals surface area (Å²) in [5.41, 5.74) is 0. The largest absolute Gasteiger partial charge is 0.481 e. The Kier molecular flexibility index (Phi) is 5.16. The van der Waals surface area contributed by atoms with Crippen LogP contribution < -0.4 is 0 Å². The van der Waals surface area contributed by atoms with Gasteiger partial charge in [0.1, 0.15) is 12.2 Å². The highest BCUT2D eigenvalue weighted by Gasteiger charge is 2.68. The number of hydrogen-bond acceptors (Lipinski definition) is 4. The van der Waals surface area contributed by atoms with Gasteiger partial charge in [-0.1, -0.05) is 19.1 Å². The van der Waals surface area contributed by atoms with Crippen molar-refractivity contribution in [2.45, 2.75) is 63.4 Å². The summed E-state index contributed by atoms with van der Waals surface area (Å²) in [5, 5.41) is 8.62. The quantitative estimate of drug-likeness (QED) is 0.381. The molecule has 3 heterocycles. The van der Waals surface area contributed by atoms with Gasteiger partial charge in [-0.15, -0.1) is 0 Å². The zero-order chi connectivity index (χ0) is 15.5. The van der Waals surface area contributed by atoms with Gasteiger partial charge in [0.15, 0.2) is 0 Å². The van der Waals surface area contributed by atoms with E-state index in [1.807, 2.05) is 0 Å². The van der Waals surface area contributed by atoms with Gasteiger partial charge in [0.25, 0.3) is 0 Å². The molecule has 0 aromatic rings. The molecule has 1 N–H and O–H groups in total. The molecule has 0 radical (unpaired) electrons. The molecule has 5 nitrogen and oxygen atoms in total. The molecule has 22 heavy (non-hydrogen) atoms. The Balaban J connectivity index is 1.45. The molecular weight excluding hydrogens is 284 g/mol. The molecule has 0 unspecified atom stereocenters. The Labute approximate surface area is 131 Å². The lowest BCUT2D eigenvalue weighted by molar-refractivity contribution is -0.137. The fourth-order valence-electron chi connectivity index (χ4n) is 3.81. The van der Waals surface area contributed by atoms with Crippen molar-refractivity contribution >= 4 is 5.97 Å². The molecule has 3 rings (SSSR count). The molecule has 3 fully saturated rings. The summed E-state index contributed by atoms with van der Waals surface area (Å²) >= 11 is 0. The normalized spacial score (nSPS) is 38.6. The fourth-order valence-corrected chi connectivity index (χ4v) is 3.81. The molecule has 3 aliphatic heterocycles. The fraction of sp³-hybridized carbons (Fsp3) is 0.824. The van der Waals surface area contributed by atoms with Crippen LogP contribution in [-0.2, 0) is 19.0 Å². The summed E-state index contributed by atoms with van der Waals surface area (Å²) in [6.45, 7) is 3.69. The third-order valence-corrected chi connectivity index (χ3v) is 4.91. The van der Waals surface area contributed by atoms with E-state index in [4.69, 9.17) is 19.3 Å². The maximum atomic E-state index is 10.5. The Morgan fingerprint density at radius 3 is 2.59 bits per heavy atom. The summed E-state index contributed by atoms with van der Waals surface area (Å²) in [6, 6.07) is 0. The van der Waals surface area contributed by atoms with E-state index >= 15 is 0 Å². The van der Waals surface area contributed by atoms with E-state index in [9.17, 15) is 4.79 Å². The van der Waals surface area contributed by atoms with Crippen molar-refractivity contribution in [1.82, 2.24) is 0 Å². The molecule has 3 aliphatic rings. The minimum atomic E-state index is -0.722. The Morgan fingerprint density at radius 1 is 1.14 bits per heavy atom. The molecule has 3 saturated heterocycles. The first-order valence-electron chi connectivity index (χ1n) is 8.47. The first kappa shape index (κ1) is 16.0. The van der Waals surface area contributed by atoms with Gasteiger partial charge in [-0.2, -0.15) is 0 Å². The zero-order valence-corrected chi connectivity index (χ0v) is 13.1. The van der Waals surface area contributed by atoms with E-state index < -0.39 is 5.97 Å². The second-order valence-corrected chi connectivity index (χ2v) is 6.53. The minimum absolute atomic E-state index is 0.220. The molecule has 0 aliphatic carbocycles. The van der Waals surface area contributed by atoms with E-state index in [1.54, 1.807) is 0 Å². The highest BCUT2D eigenvalue weighted by molar-refractivity contribution is 5.66. The van der Waals surface area contributed by atoms with Gasteiger partial charge >= 0.3 is 5.97 Å². The Hall–Kier alpha value is -0.910. The van der Waals surface area contributed by atoms with E-state index in [0.717, 1.165) is 32.5 Å². The van der Waals surface area contributed by atoms with Crippen LogP contribution >= 0.6 is 0 Å². The van der Waals surface area contributed by atoms with E-state index in [0.29, 0.717) is 30.5 Å². The summed E-state index contributed by atoms with van der Waals surface area (Å²) in [4.78, 5) is 10.5. The number of carbonyl (C=O) groups is 1. The third kappa shape index (κ3) is 3.36. The maximum absolute atomic E-state index is 10.5. The molecule has 0 spiro atoms. The number of fused-ring (bicyclic) bond motifs is 5. The second kappa shape index (κ2) is 7.11. The number of epoxide rings is 1. The second-order valence-electron chi connectivity index (χ2n) is 6.53. The smallest absolute Gasteiger partial charge is 0.303 e. The van der Waals surface area contributed by atoms with Crippen molar-refractivity contribution in [3.05, 3.63) is 12.2 Å². The molecule has 0 aromatic heterocycles. The first-order valence-corrected chi connectivity index (χ1v) is 8.47. The monoisotopic (exact) mass is 310 g/mol. The lowest BCUT2D eigenvalue weighted by Gasteiger charge is -2.24. The van der Waals surface area contributed by atoms with Gasteiger partial charge < -0.3 is 19.3 Å². The SMILES string of the molecule is CCCOC[C@@H]1[C@H](C/C=C\CCCC(=O)O)[C@H]2O[C@@H]1[C@H]1O[C@H]12. The van der Waals surface area contributed by atoms with Crippen LogP contribution in [0, 0.1) is 11.8 Å². The first-order chi connectivity index (χ1) is 10.7. The number of aliphatic carboxylic acids is 1. The van der Waals surface area contributed by atoms with Gasteiger partial charge in [0.05, 0.1) is 18.8 Å². The van der Waals surface area contributed by atoms with Crippen LogP contribution in [0.2, 0.25) is 0 Å².